The Hall–Kier alpha value is -1.77. The fourth-order valence-corrected chi connectivity index (χ4v) is 5.18. The number of phenols is 1. The predicted molar refractivity (Wildman–Crippen MR) is 132 cm³/mol. The van der Waals surface area contributed by atoms with E-state index in [2.05, 4.69) is 75.8 Å². The van der Waals surface area contributed by atoms with Crippen LogP contribution in [0.15, 0.2) is 24.5 Å². The number of hydrogen-bond donors (Lipinski definition) is 1. The average molecular weight is 431 g/mol. The molecular weight excluding hydrogens is 384 g/mol. The number of carbonyl (C=O) groups excluding carboxylic acids is 1. The van der Waals surface area contributed by atoms with Gasteiger partial charge in [0.2, 0.25) is 0 Å². The van der Waals surface area contributed by atoms with Crippen LogP contribution in [0.25, 0.3) is 0 Å². The number of aromatic hydroxyl groups is 1. The Morgan fingerprint density at radius 1 is 0.903 bits per heavy atom. The van der Waals surface area contributed by atoms with Gasteiger partial charge in [-0.1, -0.05) is 87.9 Å². The molecule has 0 amide bonds. The lowest BCUT2D eigenvalue weighted by Crippen LogP contribution is -2.29. The summed E-state index contributed by atoms with van der Waals surface area (Å²) in [5, 5.41) is 11.5. The van der Waals surface area contributed by atoms with E-state index in [9.17, 15) is 9.90 Å². The maximum absolute atomic E-state index is 12.7. The Morgan fingerprint density at radius 3 is 1.55 bits per heavy atom. The van der Waals surface area contributed by atoms with E-state index >= 15 is 0 Å². The molecule has 31 heavy (non-hydrogen) atoms. The van der Waals surface area contributed by atoms with Crippen molar-refractivity contribution in [2.75, 3.05) is 0 Å². The van der Waals surface area contributed by atoms with Crippen LogP contribution in [0.3, 0.4) is 0 Å². The van der Waals surface area contributed by atoms with Gasteiger partial charge in [-0.3, -0.25) is 4.79 Å². The Bertz CT molecular complexity index is 765. The summed E-state index contributed by atoms with van der Waals surface area (Å²) >= 11 is 0. The Balaban J connectivity index is 3.74. The van der Waals surface area contributed by atoms with Crippen LogP contribution in [0.1, 0.15) is 119 Å². The highest BCUT2D eigenvalue weighted by Crippen LogP contribution is 2.47. The molecule has 0 aliphatic rings. The third-order valence-electron chi connectivity index (χ3n) is 5.66. The monoisotopic (exact) mass is 430 g/mol. The van der Waals surface area contributed by atoms with Crippen molar-refractivity contribution < 1.29 is 14.6 Å². The standard InChI is InChI=1S/C28H46O3/c1-18(2)31-24(30)19(3)20-14-21(27(10,11)16-25(4,5)6)23(29)22(15-20)28(12,13)17-26(7,8)9/h14-15,19,29H,1,16-17H2,2-13H3. The summed E-state index contributed by atoms with van der Waals surface area (Å²) in [6.07, 6.45) is 1.81. The van der Waals surface area contributed by atoms with Crippen LogP contribution in [-0.4, -0.2) is 11.1 Å². The number of allylic oxidation sites excluding steroid dienone is 1. The molecule has 1 N–H and O–H groups in total. The second kappa shape index (κ2) is 9.00. The lowest BCUT2D eigenvalue weighted by molar-refractivity contribution is -0.140. The maximum atomic E-state index is 12.7. The molecule has 0 heterocycles. The SMILES string of the molecule is C=C(C)OC(=O)C(C)c1cc(C(C)(C)CC(C)(C)C)c(O)c(C(C)(C)CC(C)(C)C)c1. The fourth-order valence-electron chi connectivity index (χ4n) is 5.18. The molecular formula is C28H46O3. The molecule has 1 aromatic rings. The van der Waals surface area contributed by atoms with Gasteiger partial charge >= 0.3 is 5.97 Å². The number of phenolic OH excluding ortho intramolecular Hbond substituents is 1. The van der Waals surface area contributed by atoms with Crippen LogP contribution >= 0.6 is 0 Å². The molecule has 3 heteroatoms. The van der Waals surface area contributed by atoms with E-state index in [-0.39, 0.29) is 27.6 Å². The molecule has 0 saturated heterocycles. The highest BCUT2D eigenvalue weighted by atomic mass is 16.5. The molecule has 0 bridgehead atoms. The van der Waals surface area contributed by atoms with Crippen LogP contribution in [0.5, 0.6) is 5.75 Å². The first-order valence-electron chi connectivity index (χ1n) is 11.4. The third-order valence-corrected chi connectivity index (χ3v) is 5.66. The molecule has 0 aliphatic carbocycles. The lowest BCUT2D eigenvalue weighted by atomic mass is 9.67. The normalized spacial score (nSPS) is 14.3. The van der Waals surface area contributed by atoms with Crippen LogP contribution in [-0.2, 0) is 20.4 Å². The van der Waals surface area contributed by atoms with Crippen molar-refractivity contribution in [2.45, 2.75) is 113 Å². The van der Waals surface area contributed by atoms with Crippen molar-refractivity contribution in [3.05, 3.63) is 41.2 Å². The quantitative estimate of drug-likeness (QED) is 0.352. The van der Waals surface area contributed by atoms with E-state index in [1.165, 1.54) is 0 Å². The zero-order chi connectivity index (χ0) is 24.6. The van der Waals surface area contributed by atoms with Crippen LogP contribution in [0.2, 0.25) is 0 Å². The largest absolute Gasteiger partial charge is 0.507 e. The van der Waals surface area contributed by atoms with Crippen LogP contribution in [0.4, 0.5) is 0 Å². The van der Waals surface area contributed by atoms with Gasteiger partial charge in [-0.05, 0) is 53.9 Å². The molecule has 0 spiro atoms. The smallest absolute Gasteiger partial charge is 0.318 e. The predicted octanol–water partition coefficient (Wildman–Crippen LogP) is 8.00. The van der Waals surface area contributed by atoms with E-state index in [0.717, 1.165) is 29.5 Å². The van der Waals surface area contributed by atoms with Crippen molar-refractivity contribution in [1.29, 1.82) is 0 Å². The van der Waals surface area contributed by atoms with Crippen molar-refractivity contribution in [2.24, 2.45) is 10.8 Å². The van der Waals surface area contributed by atoms with E-state index < -0.39 is 5.92 Å². The van der Waals surface area contributed by atoms with Gasteiger partial charge in [0.15, 0.2) is 0 Å². The first-order valence-corrected chi connectivity index (χ1v) is 11.4. The van der Waals surface area contributed by atoms with E-state index in [0.29, 0.717) is 11.5 Å². The van der Waals surface area contributed by atoms with Gasteiger partial charge < -0.3 is 9.84 Å². The second-order valence-corrected chi connectivity index (χ2v) is 13.1. The highest BCUT2D eigenvalue weighted by Gasteiger charge is 2.36. The number of hydrogen-bond acceptors (Lipinski definition) is 3. The van der Waals surface area contributed by atoms with E-state index in [1.54, 1.807) is 6.92 Å². The minimum absolute atomic E-state index is 0.0948. The molecule has 1 rings (SSSR count). The van der Waals surface area contributed by atoms with Crippen molar-refractivity contribution in [1.82, 2.24) is 0 Å². The van der Waals surface area contributed by atoms with Gasteiger partial charge in [-0.25, -0.2) is 0 Å². The average Bonchev–Trinajstić information content (AvgIpc) is 2.48. The molecule has 176 valence electrons. The molecule has 0 fully saturated rings. The summed E-state index contributed by atoms with van der Waals surface area (Å²) in [5.74, 6) is -0.0343. The van der Waals surface area contributed by atoms with E-state index in [1.807, 2.05) is 19.1 Å². The molecule has 1 atom stereocenters. The first-order chi connectivity index (χ1) is 13.7. The molecule has 0 aromatic heterocycles. The van der Waals surface area contributed by atoms with Gasteiger partial charge in [0.25, 0.3) is 0 Å². The minimum atomic E-state index is -0.453. The minimum Gasteiger partial charge on any atom is -0.507 e. The molecule has 1 aromatic carbocycles. The zero-order valence-corrected chi connectivity index (χ0v) is 22.1. The number of ether oxygens (including phenoxy) is 1. The number of benzene rings is 1. The summed E-state index contributed by atoms with van der Waals surface area (Å²) < 4.78 is 5.31. The molecule has 0 saturated carbocycles. The summed E-state index contributed by atoms with van der Waals surface area (Å²) in [7, 11) is 0. The Labute approximate surface area is 191 Å². The summed E-state index contributed by atoms with van der Waals surface area (Å²) in [6, 6.07) is 4.00. The number of rotatable bonds is 7. The molecule has 0 aliphatic heterocycles. The van der Waals surface area contributed by atoms with Gasteiger partial charge in [-0.2, -0.15) is 0 Å². The first kappa shape index (κ1) is 27.3. The Kier molecular flexibility index (Phi) is 7.91. The van der Waals surface area contributed by atoms with Crippen LogP contribution < -0.4 is 0 Å². The number of esters is 1. The van der Waals surface area contributed by atoms with Gasteiger partial charge in [-0.15, -0.1) is 0 Å². The topological polar surface area (TPSA) is 46.5 Å². The molecule has 3 nitrogen and oxygen atoms in total. The Morgan fingerprint density at radius 2 is 1.26 bits per heavy atom. The molecule has 0 radical (unpaired) electrons. The van der Waals surface area contributed by atoms with Crippen molar-refractivity contribution in [3.8, 4) is 5.75 Å². The highest BCUT2D eigenvalue weighted by molar-refractivity contribution is 5.79. The lowest BCUT2D eigenvalue weighted by Gasteiger charge is -2.38. The second-order valence-electron chi connectivity index (χ2n) is 13.1. The molecule has 1 unspecified atom stereocenters. The van der Waals surface area contributed by atoms with Gasteiger partial charge in [0, 0.05) is 11.1 Å². The van der Waals surface area contributed by atoms with Crippen LogP contribution in [0, 0.1) is 10.8 Å². The fraction of sp³-hybridized carbons (Fsp3) is 0.679. The maximum Gasteiger partial charge on any atom is 0.318 e. The summed E-state index contributed by atoms with van der Waals surface area (Å²) in [5.41, 5.74) is 2.33. The summed E-state index contributed by atoms with van der Waals surface area (Å²) in [4.78, 5) is 12.7. The number of carbonyl (C=O) groups is 1. The third kappa shape index (κ3) is 7.70. The van der Waals surface area contributed by atoms with Gasteiger partial charge in [0.05, 0.1) is 11.7 Å². The van der Waals surface area contributed by atoms with Gasteiger partial charge in [0.1, 0.15) is 5.75 Å². The summed E-state index contributed by atoms with van der Waals surface area (Å²) in [6.45, 7) is 29.2. The van der Waals surface area contributed by atoms with E-state index in [4.69, 9.17) is 4.74 Å². The van der Waals surface area contributed by atoms with Crippen molar-refractivity contribution >= 4 is 5.97 Å². The van der Waals surface area contributed by atoms with Crippen molar-refractivity contribution in [3.63, 3.8) is 0 Å². The zero-order valence-electron chi connectivity index (χ0n) is 22.1.